The van der Waals surface area contributed by atoms with Gasteiger partial charge in [0.1, 0.15) is 17.6 Å². The molecule has 1 atom stereocenters. The Hall–Kier alpha value is -3.90. The first-order chi connectivity index (χ1) is 17.1. The molecule has 3 amide bonds. The van der Waals surface area contributed by atoms with Gasteiger partial charge in [-0.3, -0.25) is 14.4 Å². The molecular weight excluding hydrogens is 515 g/mol. The summed E-state index contributed by atoms with van der Waals surface area (Å²) in [6.45, 7) is 0.0285. The zero-order valence-corrected chi connectivity index (χ0v) is 20.2. The van der Waals surface area contributed by atoms with E-state index in [0.717, 1.165) is 23.8 Å². The Kier molecular flexibility index (Phi) is 9.03. The molecule has 3 rings (SSSR count). The summed E-state index contributed by atoms with van der Waals surface area (Å²) in [7, 11) is 0. The van der Waals surface area contributed by atoms with Crippen molar-refractivity contribution >= 4 is 51.6 Å². The van der Waals surface area contributed by atoms with E-state index in [1.165, 1.54) is 30.4 Å². The van der Waals surface area contributed by atoms with E-state index in [4.69, 9.17) is 22.1 Å². The largest absolute Gasteiger partial charge is 0.494 e. The van der Waals surface area contributed by atoms with Gasteiger partial charge in [0, 0.05) is 25.6 Å². The van der Waals surface area contributed by atoms with Gasteiger partial charge >= 0.3 is 5.97 Å². The Morgan fingerprint density at radius 2 is 2.00 bits per heavy atom. The number of nitrogen functional groups attached to an aromatic ring is 1. The van der Waals surface area contributed by atoms with Gasteiger partial charge < -0.3 is 31.5 Å². The number of rotatable bonds is 10. The number of anilines is 1. The van der Waals surface area contributed by atoms with Crippen LogP contribution in [0.4, 0.5) is 9.39 Å². The third-order valence-electron chi connectivity index (χ3n) is 4.85. The molecule has 0 aliphatic carbocycles. The Bertz CT molecular complexity index is 1220. The summed E-state index contributed by atoms with van der Waals surface area (Å²) >= 11 is 7.10. The molecule has 1 aliphatic heterocycles. The molecule has 0 spiro atoms. The molecule has 0 saturated heterocycles. The first kappa shape index (κ1) is 26.7. The second-order valence-electron chi connectivity index (χ2n) is 7.51. The number of thiophene rings is 1. The molecule has 10 nitrogen and oxygen atoms in total. The average molecular weight is 537 g/mol. The molecule has 0 fully saturated rings. The van der Waals surface area contributed by atoms with Crippen LogP contribution in [0.2, 0.25) is 5.02 Å². The molecule has 2 heterocycles. The summed E-state index contributed by atoms with van der Waals surface area (Å²) in [6, 6.07) is 3.73. The number of hydrogen-bond acceptors (Lipinski definition) is 7. The molecule has 1 aliphatic rings. The number of carbonyl (C=O) groups excluding carboxylic acids is 3. The van der Waals surface area contributed by atoms with Crippen molar-refractivity contribution < 1.29 is 33.4 Å². The van der Waals surface area contributed by atoms with Crippen LogP contribution in [0.5, 0.6) is 0 Å². The molecule has 1 aromatic carbocycles. The number of ether oxygens (including phenoxy) is 1. The van der Waals surface area contributed by atoms with E-state index in [2.05, 4.69) is 16.0 Å². The average Bonchev–Trinajstić information content (AvgIpc) is 3.50. The first-order valence-corrected chi connectivity index (χ1v) is 11.8. The number of carbonyl (C=O) groups is 4. The molecule has 0 bridgehead atoms. The number of benzene rings is 1. The van der Waals surface area contributed by atoms with Crippen LogP contribution in [0.1, 0.15) is 32.0 Å². The Morgan fingerprint density at radius 1 is 1.22 bits per heavy atom. The maximum atomic E-state index is 14.7. The van der Waals surface area contributed by atoms with E-state index in [1.54, 1.807) is 0 Å². The van der Waals surface area contributed by atoms with Gasteiger partial charge in [-0.05, 0) is 42.0 Å². The first-order valence-electron chi connectivity index (χ1n) is 10.6. The number of nitrogens with two attached hydrogens (primary N) is 1. The monoisotopic (exact) mass is 536 g/mol. The van der Waals surface area contributed by atoms with E-state index < -0.39 is 47.7 Å². The number of carboxylic acids is 1. The topological polar surface area (TPSA) is 160 Å². The van der Waals surface area contributed by atoms with Crippen LogP contribution in [0.15, 0.2) is 48.3 Å². The summed E-state index contributed by atoms with van der Waals surface area (Å²) in [5.74, 6) is -3.96. The van der Waals surface area contributed by atoms with Gasteiger partial charge in [0.15, 0.2) is 0 Å². The molecule has 1 aromatic heterocycles. The summed E-state index contributed by atoms with van der Waals surface area (Å²) in [5.41, 5.74) is 5.28. The molecule has 13 heteroatoms. The van der Waals surface area contributed by atoms with Crippen molar-refractivity contribution in [2.45, 2.75) is 19.0 Å². The zero-order valence-electron chi connectivity index (χ0n) is 18.7. The lowest BCUT2D eigenvalue weighted by molar-refractivity contribution is -0.139. The third-order valence-corrected chi connectivity index (χ3v) is 6.06. The van der Waals surface area contributed by atoms with E-state index in [0.29, 0.717) is 17.4 Å². The number of aliphatic carboxylic acids is 1. The van der Waals surface area contributed by atoms with Gasteiger partial charge in [0.05, 0.1) is 27.1 Å². The van der Waals surface area contributed by atoms with Crippen LogP contribution in [0.25, 0.3) is 0 Å². The molecule has 190 valence electrons. The third kappa shape index (κ3) is 7.30. The number of hydrogen-bond donors (Lipinski definition) is 5. The van der Waals surface area contributed by atoms with Crippen LogP contribution in [-0.2, 0) is 20.9 Å². The fraction of sp³-hybridized carbons (Fsp3) is 0.217. The lowest BCUT2D eigenvalue weighted by Gasteiger charge is -2.16. The van der Waals surface area contributed by atoms with Crippen molar-refractivity contribution in [1.82, 2.24) is 16.0 Å². The predicted octanol–water partition coefficient (Wildman–Crippen LogP) is 2.21. The van der Waals surface area contributed by atoms with Gasteiger partial charge in [-0.2, -0.15) is 0 Å². The van der Waals surface area contributed by atoms with Crippen molar-refractivity contribution in [3.8, 4) is 0 Å². The Morgan fingerprint density at radius 3 is 2.61 bits per heavy atom. The van der Waals surface area contributed by atoms with Crippen LogP contribution < -0.4 is 21.7 Å². The summed E-state index contributed by atoms with van der Waals surface area (Å²) in [6.07, 6.45) is 5.40. The van der Waals surface area contributed by atoms with Crippen molar-refractivity contribution in [2.24, 2.45) is 0 Å². The standard InChI is InChI=1S/C23H22ClFN4O6S/c24-14-8-12(10-27-19(30)6-3-13-2-1-7-35-13)9-15(25)20(14)22(32)29-16(23(33)34)11-28-21(31)17-4-5-18(26)36-17/h2-6,8-9,16H,1,7,10-11,26H2,(H,27,30)(H,28,31)(H,29,32)(H,33,34)/b6-3+/t16-/m0/s1. The van der Waals surface area contributed by atoms with E-state index in [1.807, 2.05) is 6.08 Å². The van der Waals surface area contributed by atoms with Crippen LogP contribution in [0.3, 0.4) is 0 Å². The fourth-order valence-electron chi connectivity index (χ4n) is 3.09. The minimum Gasteiger partial charge on any atom is -0.494 e. The SMILES string of the molecule is Nc1ccc(C(=O)NC[C@H](NC(=O)c2c(F)cc(CNC(=O)/C=C/C3=CCCO3)cc2Cl)C(=O)O)s1. The normalized spacial score (nSPS) is 13.6. The highest BCUT2D eigenvalue weighted by Gasteiger charge is 2.25. The van der Waals surface area contributed by atoms with Gasteiger partial charge in [-0.1, -0.05) is 11.6 Å². The fourth-order valence-corrected chi connectivity index (χ4v) is 4.10. The second-order valence-corrected chi connectivity index (χ2v) is 9.03. The molecule has 6 N–H and O–H groups in total. The number of halogens is 2. The Balaban J connectivity index is 1.59. The second kappa shape index (κ2) is 12.2. The van der Waals surface area contributed by atoms with E-state index >= 15 is 0 Å². The van der Waals surface area contributed by atoms with Gasteiger partial charge in [-0.25, -0.2) is 9.18 Å². The van der Waals surface area contributed by atoms with Gasteiger partial charge in [-0.15, -0.1) is 11.3 Å². The molecule has 0 saturated carbocycles. The predicted molar refractivity (Wildman–Crippen MR) is 131 cm³/mol. The highest BCUT2D eigenvalue weighted by atomic mass is 35.5. The molecular formula is C23H22ClFN4O6S. The highest BCUT2D eigenvalue weighted by molar-refractivity contribution is 7.17. The number of amides is 3. The number of nitrogens with one attached hydrogen (secondary N) is 3. The maximum absolute atomic E-state index is 14.7. The van der Waals surface area contributed by atoms with Crippen LogP contribution in [-0.4, -0.2) is 48.0 Å². The summed E-state index contributed by atoms with van der Waals surface area (Å²) in [5, 5.41) is 16.6. The molecule has 36 heavy (non-hydrogen) atoms. The van der Waals surface area contributed by atoms with E-state index in [9.17, 15) is 28.7 Å². The number of allylic oxidation sites excluding steroid dienone is 1. The summed E-state index contributed by atoms with van der Waals surface area (Å²) < 4.78 is 20.0. The Labute approximate surface area is 214 Å². The van der Waals surface area contributed by atoms with Gasteiger partial charge in [0.25, 0.3) is 11.8 Å². The molecule has 0 unspecified atom stereocenters. The minimum atomic E-state index is -1.56. The maximum Gasteiger partial charge on any atom is 0.328 e. The lowest BCUT2D eigenvalue weighted by Crippen LogP contribution is -2.48. The zero-order chi connectivity index (χ0) is 26.2. The van der Waals surface area contributed by atoms with Crippen LogP contribution >= 0.6 is 22.9 Å². The van der Waals surface area contributed by atoms with Crippen molar-refractivity contribution in [1.29, 1.82) is 0 Å². The quantitative estimate of drug-likeness (QED) is 0.291. The van der Waals surface area contributed by atoms with Crippen molar-refractivity contribution in [3.05, 3.63) is 75.1 Å². The lowest BCUT2D eigenvalue weighted by atomic mass is 10.1. The van der Waals surface area contributed by atoms with E-state index in [-0.39, 0.29) is 22.0 Å². The highest BCUT2D eigenvalue weighted by Crippen LogP contribution is 2.22. The number of carboxylic acid groups (broad SMARTS) is 1. The molecule has 0 radical (unpaired) electrons. The molecule has 2 aromatic rings. The van der Waals surface area contributed by atoms with Crippen molar-refractivity contribution in [2.75, 3.05) is 18.9 Å². The van der Waals surface area contributed by atoms with Gasteiger partial charge in [0.2, 0.25) is 5.91 Å². The van der Waals surface area contributed by atoms with Crippen LogP contribution in [0, 0.1) is 5.82 Å². The smallest absolute Gasteiger partial charge is 0.328 e. The minimum absolute atomic E-state index is 0.0708. The van der Waals surface area contributed by atoms with Crippen molar-refractivity contribution in [3.63, 3.8) is 0 Å². The summed E-state index contributed by atoms with van der Waals surface area (Å²) in [4.78, 5) is 48.5.